The fourth-order valence-corrected chi connectivity index (χ4v) is 7.77. The van der Waals surface area contributed by atoms with Gasteiger partial charge in [-0.3, -0.25) is 10.1 Å². The molecule has 15 heteroatoms. The number of aromatic nitrogens is 6. The SMILES string of the molecule is O=C(Nc1nc2ccccc2s1)c1cccc2c1CN(c1nc(C(=O)O)c(CCOc3ccc(-n4ncc5c[n+]([O-])cnc54)cc3)s1)CC2. The molecule has 4 aromatic heterocycles. The molecule has 49 heavy (non-hydrogen) atoms. The smallest absolute Gasteiger partial charge is 0.355 e. The molecule has 3 aromatic carbocycles. The monoisotopic (exact) mass is 690 g/mol. The van der Waals surface area contributed by atoms with E-state index in [9.17, 15) is 19.9 Å². The molecule has 1 amide bonds. The molecule has 0 radical (unpaired) electrons. The number of thiazole rings is 2. The summed E-state index contributed by atoms with van der Waals surface area (Å²) in [6.45, 7) is 1.31. The molecule has 2 N–H and O–H groups in total. The van der Waals surface area contributed by atoms with Crippen LogP contribution in [0.2, 0.25) is 0 Å². The molecule has 13 nitrogen and oxygen atoms in total. The molecule has 0 atom stereocenters. The minimum atomic E-state index is -1.10. The number of hydrogen-bond acceptors (Lipinski definition) is 11. The maximum Gasteiger partial charge on any atom is 0.355 e. The van der Waals surface area contributed by atoms with Crippen LogP contribution in [0.1, 0.15) is 36.9 Å². The average molecular weight is 691 g/mol. The summed E-state index contributed by atoms with van der Waals surface area (Å²) in [7, 11) is 0. The Labute approximate surface area is 286 Å². The number of nitrogens with zero attached hydrogens (tertiary/aromatic N) is 7. The molecule has 0 fully saturated rings. The zero-order valence-corrected chi connectivity index (χ0v) is 27.3. The quantitative estimate of drug-likeness (QED) is 0.151. The molecule has 0 spiro atoms. The van der Waals surface area contributed by atoms with Crippen molar-refractivity contribution < 1.29 is 24.2 Å². The first-order chi connectivity index (χ1) is 23.9. The number of fused-ring (bicyclic) bond motifs is 3. The van der Waals surface area contributed by atoms with E-state index in [1.165, 1.54) is 35.2 Å². The highest BCUT2D eigenvalue weighted by atomic mass is 32.1. The van der Waals surface area contributed by atoms with E-state index in [4.69, 9.17) is 4.74 Å². The fraction of sp³-hybridized carbons (Fsp3) is 0.147. The Balaban J connectivity index is 0.948. The molecule has 0 saturated carbocycles. The van der Waals surface area contributed by atoms with E-state index in [2.05, 4.69) is 25.4 Å². The second-order valence-electron chi connectivity index (χ2n) is 11.3. The maximum atomic E-state index is 13.4. The van der Waals surface area contributed by atoms with Crippen LogP contribution in [0.3, 0.4) is 0 Å². The van der Waals surface area contributed by atoms with E-state index in [1.54, 1.807) is 23.0 Å². The number of hydrogen-bond donors (Lipinski definition) is 2. The van der Waals surface area contributed by atoms with Crippen LogP contribution in [0.25, 0.3) is 26.9 Å². The summed E-state index contributed by atoms with van der Waals surface area (Å²) in [5, 5.41) is 30.5. The van der Waals surface area contributed by atoms with E-state index in [1.807, 2.05) is 59.5 Å². The van der Waals surface area contributed by atoms with Crippen molar-refractivity contribution in [3.63, 3.8) is 0 Å². The number of para-hydroxylation sites is 1. The normalized spacial score (nSPS) is 12.7. The lowest BCUT2D eigenvalue weighted by Gasteiger charge is -2.29. The molecule has 1 aliphatic rings. The van der Waals surface area contributed by atoms with E-state index in [-0.39, 0.29) is 18.2 Å². The lowest BCUT2D eigenvalue weighted by Crippen LogP contribution is -2.32. The number of carboxylic acid groups (broad SMARTS) is 1. The number of nitrogens with one attached hydrogen (secondary N) is 1. The Morgan fingerprint density at radius 2 is 1.90 bits per heavy atom. The summed E-state index contributed by atoms with van der Waals surface area (Å²) in [4.78, 5) is 41.5. The van der Waals surface area contributed by atoms with Gasteiger partial charge in [-0.15, -0.1) is 11.3 Å². The van der Waals surface area contributed by atoms with Gasteiger partial charge in [0.05, 0.1) is 28.7 Å². The fourth-order valence-electron chi connectivity index (χ4n) is 5.85. The van der Waals surface area contributed by atoms with Crippen LogP contribution in [0.4, 0.5) is 10.3 Å². The lowest BCUT2D eigenvalue weighted by atomic mass is 9.94. The molecule has 0 aliphatic carbocycles. The number of carbonyl (C=O) groups is 2. The molecule has 0 unspecified atom stereocenters. The van der Waals surface area contributed by atoms with Crippen LogP contribution >= 0.6 is 22.7 Å². The molecule has 0 saturated heterocycles. The summed E-state index contributed by atoms with van der Waals surface area (Å²) in [5.41, 5.74) is 4.67. The van der Waals surface area contributed by atoms with Crippen LogP contribution in [0, 0.1) is 5.21 Å². The van der Waals surface area contributed by atoms with Crippen molar-refractivity contribution in [1.29, 1.82) is 0 Å². The van der Waals surface area contributed by atoms with Crippen molar-refractivity contribution in [2.75, 3.05) is 23.4 Å². The minimum Gasteiger partial charge on any atom is -0.711 e. The second-order valence-corrected chi connectivity index (χ2v) is 13.4. The number of carboxylic acids is 1. The minimum absolute atomic E-state index is 0.00377. The molecule has 244 valence electrons. The van der Waals surface area contributed by atoms with Gasteiger partial charge in [-0.25, -0.2) is 19.5 Å². The summed E-state index contributed by atoms with van der Waals surface area (Å²) in [5.74, 6) is -0.727. The highest BCUT2D eigenvalue weighted by molar-refractivity contribution is 7.22. The van der Waals surface area contributed by atoms with Gasteiger partial charge in [-0.1, -0.05) is 35.6 Å². The van der Waals surface area contributed by atoms with E-state index < -0.39 is 5.97 Å². The van der Waals surface area contributed by atoms with Gasteiger partial charge in [-0.2, -0.15) is 9.78 Å². The molecular formula is C34H26N8O5S2. The third-order valence-electron chi connectivity index (χ3n) is 8.20. The van der Waals surface area contributed by atoms with Gasteiger partial charge in [0, 0.05) is 30.0 Å². The van der Waals surface area contributed by atoms with Crippen LogP contribution in [-0.4, -0.2) is 54.9 Å². The zero-order valence-electron chi connectivity index (χ0n) is 25.6. The molecule has 7 aromatic rings. The zero-order chi connectivity index (χ0) is 33.5. The average Bonchev–Trinajstić information content (AvgIpc) is 3.84. The van der Waals surface area contributed by atoms with Crippen molar-refractivity contribution >= 4 is 66.1 Å². The first-order valence-electron chi connectivity index (χ1n) is 15.3. The third-order valence-corrected chi connectivity index (χ3v) is 10.3. The summed E-state index contributed by atoms with van der Waals surface area (Å²) >= 11 is 2.75. The van der Waals surface area contributed by atoms with Crippen molar-refractivity contribution in [1.82, 2.24) is 24.7 Å². The van der Waals surface area contributed by atoms with Crippen molar-refractivity contribution in [2.45, 2.75) is 19.4 Å². The predicted octanol–water partition coefficient (Wildman–Crippen LogP) is 5.25. The number of anilines is 2. The van der Waals surface area contributed by atoms with Gasteiger partial charge in [0.15, 0.2) is 16.0 Å². The van der Waals surface area contributed by atoms with Crippen molar-refractivity contribution in [3.05, 3.63) is 118 Å². The lowest BCUT2D eigenvalue weighted by molar-refractivity contribution is -0.607. The largest absolute Gasteiger partial charge is 0.711 e. The molecule has 5 heterocycles. The Morgan fingerprint density at radius 3 is 2.73 bits per heavy atom. The highest BCUT2D eigenvalue weighted by Gasteiger charge is 2.27. The third kappa shape index (κ3) is 6.00. The summed E-state index contributed by atoms with van der Waals surface area (Å²) < 4.78 is 9.22. The van der Waals surface area contributed by atoms with Gasteiger partial charge in [-0.05, 0) is 65.0 Å². The number of amides is 1. The maximum absolute atomic E-state index is 13.4. The predicted molar refractivity (Wildman–Crippen MR) is 185 cm³/mol. The van der Waals surface area contributed by atoms with Crippen molar-refractivity contribution in [2.24, 2.45) is 0 Å². The van der Waals surface area contributed by atoms with E-state index in [0.717, 1.165) is 27.0 Å². The topological polar surface area (TPSA) is 162 Å². The summed E-state index contributed by atoms with van der Waals surface area (Å²) in [6, 6.07) is 20.7. The second kappa shape index (κ2) is 12.6. The van der Waals surface area contributed by atoms with Gasteiger partial charge in [0.2, 0.25) is 0 Å². The van der Waals surface area contributed by atoms with Gasteiger partial charge in [0.25, 0.3) is 17.9 Å². The van der Waals surface area contributed by atoms with E-state index in [0.29, 0.717) is 68.1 Å². The number of rotatable bonds is 9. The van der Waals surface area contributed by atoms with Gasteiger partial charge in [0.1, 0.15) is 17.3 Å². The van der Waals surface area contributed by atoms with Crippen LogP contribution in [0.15, 0.2) is 85.5 Å². The Morgan fingerprint density at radius 1 is 1.04 bits per heavy atom. The summed E-state index contributed by atoms with van der Waals surface area (Å²) in [6.07, 6.45) is 5.21. The number of aromatic carboxylic acids is 1. The Bertz CT molecular complexity index is 2340. The molecule has 1 aliphatic heterocycles. The van der Waals surface area contributed by atoms with Crippen molar-refractivity contribution in [3.8, 4) is 11.4 Å². The van der Waals surface area contributed by atoms with Gasteiger partial charge < -0.3 is 20.0 Å². The van der Waals surface area contributed by atoms with E-state index >= 15 is 0 Å². The highest BCUT2D eigenvalue weighted by Crippen LogP contribution is 2.33. The number of ether oxygens (including phenoxy) is 1. The van der Waals surface area contributed by atoms with Crippen LogP contribution in [-0.2, 0) is 19.4 Å². The Kier molecular flexibility index (Phi) is 7.81. The van der Waals surface area contributed by atoms with Gasteiger partial charge >= 0.3 is 5.97 Å². The first-order valence-corrected chi connectivity index (χ1v) is 16.9. The first kappa shape index (κ1) is 30.4. The molecule has 8 rings (SSSR count). The van der Waals surface area contributed by atoms with Crippen LogP contribution < -0.4 is 19.7 Å². The standard InChI is InChI=1S/C34H26N8O5S2/c43-31(39-33-37-26-6-1-2-7-27(26)48-33)24-5-3-4-20-12-14-40(18-25(20)24)34-38-29(32(44)45)28(49-34)13-15-47-23-10-8-22(9-11-23)42-30-21(16-36-42)17-41(46)19-35-30/h1-11,16-17,19H,12-15,18H2,(H,44,45)(H,37,39,43). The van der Waals surface area contributed by atoms with Crippen LogP contribution in [0.5, 0.6) is 5.75 Å². The molecule has 0 bridgehead atoms. The Hall–Kier alpha value is -5.93. The number of carbonyl (C=O) groups excluding carboxylic acids is 1. The number of benzene rings is 3. The molecular weight excluding hydrogens is 665 g/mol.